The second kappa shape index (κ2) is 7.34. The van der Waals surface area contributed by atoms with Gasteiger partial charge < -0.3 is 14.4 Å². The second-order valence-electron chi connectivity index (χ2n) is 9.63. The Bertz CT molecular complexity index is 1660. The smallest absolute Gasteiger partial charge is 0.338 e. The quantitative estimate of drug-likeness (QED) is 0.227. The molecule has 0 saturated heterocycles. The molecular weight excluding hydrogens is 458 g/mol. The molecule has 5 aromatic rings. The molecule has 1 spiro atoms. The number of cyclic esters (lactones) is 1. The lowest BCUT2D eigenvalue weighted by Crippen LogP contribution is -2.39. The first-order valence-electron chi connectivity index (χ1n) is 12.4. The monoisotopic (exact) mass is 479 g/mol. The molecule has 0 aromatic heterocycles. The largest absolute Gasteiger partial charge is 0.457 e. The molecule has 4 heteroatoms. The molecule has 0 amide bonds. The number of hydrogen-bond acceptors (Lipinski definition) is 4. The number of esters is 1. The van der Waals surface area contributed by atoms with Gasteiger partial charge in [0.2, 0.25) is 0 Å². The van der Waals surface area contributed by atoms with Crippen LogP contribution in [0.1, 0.15) is 38.2 Å². The summed E-state index contributed by atoms with van der Waals surface area (Å²) in [6, 6.07) is 39.9. The summed E-state index contributed by atoms with van der Waals surface area (Å²) in [4.78, 5) is 14.4. The van der Waals surface area contributed by atoms with Crippen LogP contribution in [0.3, 0.4) is 0 Å². The lowest BCUT2D eigenvalue weighted by Gasteiger charge is -2.48. The molecule has 3 aliphatic rings. The lowest BCUT2D eigenvalue weighted by atomic mass is 9.61. The van der Waals surface area contributed by atoms with E-state index in [1.54, 1.807) is 0 Å². The van der Waals surface area contributed by atoms with Gasteiger partial charge in [-0.25, -0.2) is 4.79 Å². The molecule has 0 saturated carbocycles. The average Bonchev–Trinajstić information content (AvgIpc) is 3.33. The summed E-state index contributed by atoms with van der Waals surface area (Å²) in [6.07, 6.45) is 0. The average molecular weight is 480 g/mol. The summed E-state index contributed by atoms with van der Waals surface area (Å²) >= 11 is 0. The molecule has 0 unspecified atom stereocenters. The Morgan fingerprint density at radius 2 is 1.16 bits per heavy atom. The molecule has 0 bridgehead atoms. The van der Waals surface area contributed by atoms with Crippen LogP contribution < -0.4 is 9.64 Å². The third kappa shape index (κ3) is 2.59. The van der Waals surface area contributed by atoms with Gasteiger partial charge in [-0.15, -0.1) is 0 Å². The van der Waals surface area contributed by atoms with Crippen LogP contribution in [0.4, 0.5) is 17.1 Å². The zero-order valence-corrected chi connectivity index (χ0v) is 19.8. The maximum absolute atomic E-state index is 12.1. The number of carbonyl (C=O) groups is 1. The highest BCUT2D eigenvalue weighted by atomic mass is 16.5. The van der Waals surface area contributed by atoms with Gasteiger partial charge in [0.05, 0.1) is 22.4 Å². The zero-order chi connectivity index (χ0) is 24.6. The number of benzene rings is 5. The molecular formula is C33H21NO3. The van der Waals surface area contributed by atoms with Crippen molar-refractivity contribution in [3.63, 3.8) is 0 Å². The van der Waals surface area contributed by atoms with Gasteiger partial charge in [0.1, 0.15) is 18.1 Å². The highest BCUT2D eigenvalue weighted by Gasteiger charge is 2.50. The predicted molar refractivity (Wildman–Crippen MR) is 142 cm³/mol. The van der Waals surface area contributed by atoms with Crippen molar-refractivity contribution in [3.05, 3.63) is 149 Å². The molecule has 3 heterocycles. The molecule has 3 aliphatic heterocycles. The van der Waals surface area contributed by atoms with Crippen molar-refractivity contribution in [2.75, 3.05) is 4.90 Å². The van der Waals surface area contributed by atoms with E-state index in [0.717, 1.165) is 45.3 Å². The minimum atomic E-state index is -0.551. The Labute approximate surface area is 214 Å². The topological polar surface area (TPSA) is 38.8 Å². The van der Waals surface area contributed by atoms with Crippen molar-refractivity contribution >= 4 is 23.0 Å². The molecule has 0 fully saturated rings. The summed E-state index contributed by atoms with van der Waals surface area (Å²) < 4.78 is 11.7. The highest BCUT2D eigenvalue weighted by molar-refractivity contribution is 5.96. The minimum absolute atomic E-state index is 0.254. The van der Waals surface area contributed by atoms with Gasteiger partial charge in [-0.3, -0.25) is 0 Å². The second-order valence-corrected chi connectivity index (χ2v) is 9.63. The number of hydrogen-bond donors (Lipinski definition) is 0. The molecule has 0 aliphatic carbocycles. The molecule has 4 nitrogen and oxygen atoms in total. The van der Waals surface area contributed by atoms with Gasteiger partial charge in [0, 0.05) is 22.4 Å². The van der Waals surface area contributed by atoms with E-state index < -0.39 is 5.41 Å². The van der Waals surface area contributed by atoms with Crippen LogP contribution in [0.2, 0.25) is 0 Å². The van der Waals surface area contributed by atoms with E-state index in [4.69, 9.17) is 9.47 Å². The third-order valence-corrected chi connectivity index (χ3v) is 7.83. The van der Waals surface area contributed by atoms with Crippen molar-refractivity contribution < 1.29 is 14.3 Å². The van der Waals surface area contributed by atoms with Crippen LogP contribution in [-0.2, 0) is 16.8 Å². The first-order valence-corrected chi connectivity index (χ1v) is 12.4. The molecule has 0 atom stereocenters. The first-order chi connectivity index (χ1) is 18.3. The van der Waals surface area contributed by atoms with Crippen LogP contribution in [-0.4, -0.2) is 5.97 Å². The highest BCUT2D eigenvalue weighted by Crippen LogP contribution is 2.62. The predicted octanol–water partition coefficient (Wildman–Crippen LogP) is 7.63. The normalized spacial score (nSPS) is 15.6. The number of rotatable bonds is 1. The van der Waals surface area contributed by atoms with Gasteiger partial charge >= 0.3 is 5.97 Å². The summed E-state index contributed by atoms with van der Waals surface area (Å²) in [5.74, 6) is 1.48. The van der Waals surface area contributed by atoms with Crippen LogP contribution in [0.5, 0.6) is 11.5 Å². The minimum Gasteiger partial charge on any atom is -0.457 e. The lowest BCUT2D eigenvalue weighted by molar-refractivity contribution is 0.0535. The summed E-state index contributed by atoms with van der Waals surface area (Å²) in [5, 5.41) is 0. The number of ether oxygens (including phenoxy) is 2. The fourth-order valence-corrected chi connectivity index (χ4v) is 6.36. The van der Waals surface area contributed by atoms with E-state index in [1.165, 1.54) is 11.1 Å². The Kier molecular flexibility index (Phi) is 4.04. The van der Waals surface area contributed by atoms with Crippen LogP contribution in [0.25, 0.3) is 0 Å². The van der Waals surface area contributed by atoms with Crippen molar-refractivity contribution in [1.29, 1.82) is 0 Å². The summed E-state index contributed by atoms with van der Waals surface area (Å²) in [7, 11) is 0. The molecule has 0 radical (unpaired) electrons. The molecule has 37 heavy (non-hydrogen) atoms. The van der Waals surface area contributed by atoms with Gasteiger partial charge in [-0.05, 0) is 53.6 Å². The van der Waals surface area contributed by atoms with E-state index in [1.807, 2.05) is 24.3 Å². The standard InChI is InChI=1S/C33H21NO3/c35-32-23-18-17-22(19-21(23)20-36-32)34-28-13-5-1-9-24(28)33(25-10-2-6-14-29(25)34)26-11-3-7-15-30(26)37-31-16-8-4-12-27(31)33/h1-19H,20H2. The fraction of sp³-hybridized carbons (Fsp3) is 0.0606. The van der Waals surface area contributed by atoms with Crippen LogP contribution in [0.15, 0.2) is 115 Å². The van der Waals surface area contributed by atoms with E-state index >= 15 is 0 Å². The third-order valence-electron chi connectivity index (χ3n) is 7.83. The van der Waals surface area contributed by atoms with E-state index in [9.17, 15) is 4.79 Å². The Morgan fingerprint density at radius 3 is 1.78 bits per heavy atom. The van der Waals surface area contributed by atoms with Gasteiger partial charge in [0.25, 0.3) is 0 Å². The molecule has 5 aromatic carbocycles. The van der Waals surface area contributed by atoms with Crippen LogP contribution >= 0.6 is 0 Å². The van der Waals surface area contributed by atoms with Crippen LogP contribution in [0, 0.1) is 0 Å². The number of carbonyl (C=O) groups excluding carboxylic acids is 1. The number of nitrogens with zero attached hydrogens (tertiary/aromatic N) is 1. The van der Waals surface area contributed by atoms with E-state index in [0.29, 0.717) is 12.2 Å². The molecule has 176 valence electrons. The molecule has 8 rings (SSSR count). The Balaban J connectivity index is 1.49. The zero-order valence-electron chi connectivity index (χ0n) is 19.8. The van der Waals surface area contributed by atoms with Crippen molar-refractivity contribution in [1.82, 2.24) is 0 Å². The number of anilines is 3. The molecule has 0 N–H and O–H groups in total. The number of para-hydroxylation sites is 4. The Hall–Kier alpha value is -4.83. The Morgan fingerprint density at radius 1 is 0.622 bits per heavy atom. The fourth-order valence-electron chi connectivity index (χ4n) is 6.36. The number of fused-ring (bicyclic) bond motifs is 9. The van der Waals surface area contributed by atoms with Gasteiger partial charge in [0.15, 0.2) is 0 Å². The van der Waals surface area contributed by atoms with E-state index in [2.05, 4.69) is 95.9 Å². The maximum Gasteiger partial charge on any atom is 0.338 e. The van der Waals surface area contributed by atoms with Gasteiger partial charge in [-0.2, -0.15) is 0 Å². The van der Waals surface area contributed by atoms with Crippen molar-refractivity contribution in [2.24, 2.45) is 0 Å². The first kappa shape index (κ1) is 20.4. The van der Waals surface area contributed by atoms with Crippen molar-refractivity contribution in [3.8, 4) is 11.5 Å². The summed E-state index contributed by atoms with van der Waals surface area (Å²) in [5.41, 5.74) is 8.82. The SMILES string of the molecule is O=C1OCc2cc(N3c4ccccc4C4(c5ccccc5Oc5ccccc54)c4ccccc43)ccc21. The summed E-state index contributed by atoms with van der Waals surface area (Å²) in [6.45, 7) is 0.307. The van der Waals surface area contributed by atoms with Gasteiger partial charge in [-0.1, -0.05) is 72.8 Å². The van der Waals surface area contributed by atoms with Crippen molar-refractivity contribution in [2.45, 2.75) is 12.0 Å². The maximum atomic E-state index is 12.1. The van der Waals surface area contributed by atoms with E-state index in [-0.39, 0.29) is 5.97 Å².